The Balaban J connectivity index is 2.09. The zero-order chi connectivity index (χ0) is 19.9. The summed E-state index contributed by atoms with van der Waals surface area (Å²) in [7, 11) is 0. The minimum absolute atomic E-state index is 0.0592. The van der Waals surface area contributed by atoms with Gasteiger partial charge >= 0.3 is 5.82 Å². The molecule has 0 saturated carbocycles. The Bertz CT molecular complexity index is 605. The fraction of sp³-hybridized carbons (Fsp3) is 0.650. The Hall–Kier alpha value is -2.31. The average Bonchev–Trinajstić information content (AvgIpc) is 2.66. The topological polar surface area (TPSA) is 102 Å². The minimum Gasteiger partial charge on any atom is -0.358 e. The van der Waals surface area contributed by atoms with Gasteiger partial charge in [0.05, 0.1) is 5.56 Å². The number of nitrogens with zero attached hydrogens (tertiary/aromatic N) is 2. The molecule has 0 fully saturated rings. The van der Waals surface area contributed by atoms with E-state index in [1.807, 2.05) is 0 Å². The fourth-order valence-corrected chi connectivity index (χ4v) is 2.87. The van der Waals surface area contributed by atoms with Gasteiger partial charge in [-0.3, -0.25) is 14.9 Å². The summed E-state index contributed by atoms with van der Waals surface area (Å²) < 4.78 is 0. The molecule has 0 bridgehead atoms. The van der Waals surface area contributed by atoms with Crippen LogP contribution in [0.5, 0.6) is 0 Å². The zero-order valence-electron chi connectivity index (χ0n) is 16.2. The molecule has 0 radical (unpaired) electrons. The molecule has 0 aliphatic carbocycles. The molecular weight excluding hydrogens is 346 g/mol. The van der Waals surface area contributed by atoms with E-state index in [2.05, 4.69) is 17.2 Å². The van der Waals surface area contributed by atoms with Crippen LogP contribution in [0, 0.1) is 10.1 Å². The summed E-state index contributed by atoms with van der Waals surface area (Å²) >= 11 is 0. The number of nitrogens with one attached hydrogen (secondary N) is 1. The Morgan fingerprint density at radius 1 is 1.00 bits per heavy atom. The van der Waals surface area contributed by atoms with Gasteiger partial charge in [0.25, 0.3) is 5.91 Å². The molecule has 0 aromatic carbocycles. The van der Waals surface area contributed by atoms with Crippen LogP contribution in [-0.2, 0) is 4.79 Å². The summed E-state index contributed by atoms with van der Waals surface area (Å²) in [5.41, 5.74) is 0.0592. The molecule has 1 N–H and O–H groups in total. The van der Waals surface area contributed by atoms with Crippen molar-refractivity contribution in [3.05, 3.63) is 34.0 Å². The highest BCUT2D eigenvalue weighted by atomic mass is 16.6. The van der Waals surface area contributed by atoms with Crippen LogP contribution in [0.2, 0.25) is 0 Å². The number of hydrogen-bond acceptors (Lipinski definition) is 5. The molecule has 7 heteroatoms. The predicted octanol–water partition coefficient (Wildman–Crippen LogP) is 4.95. The number of carbonyl (C=O) groups excluding carboxylic acids is 2. The van der Waals surface area contributed by atoms with Crippen molar-refractivity contribution < 1.29 is 14.5 Å². The molecule has 7 nitrogen and oxygen atoms in total. The number of hydrogen-bond donors (Lipinski definition) is 1. The molecule has 1 aromatic rings. The second kappa shape index (κ2) is 13.8. The standard InChI is InChI=1S/C20H31N3O4/c1-2-3-4-5-6-7-8-9-10-11-12-13-19(24)22-20(25)17-14-15-21-18(16-17)23(26)27/h14-16H,2-13H2,1H3,(H,22,24,25). The summed E-state index contributed by atoms with van der Waals surface area (Å²) in [5.74, 6) is -1.40. The van der Waals surface area contributed by atoms with E-state index in [4.69, 9.17) is 0 Å². The smallest absolute Gasteiger partial charge is 0.358 e. The van der Waals surface area contributed by atoms with Gasteiger partial charge in [0.2, 0.25) is 5.91 Å². The van der Waals surface area contributed by atoms with Gasteiger partial charge in [-0.15, -0.1) is 0 Å². The zero-order valence-corrected chi connectivity index (χ0v) is 16.2. The van der Waals surface area contributed by atoms with Gasteiger partial charge in [-0.25, -0.2) is 0 Å². The highest BCUT2D eigenvalue weighted by Gasteiger charge is 2.15. The molecule has 27 heavy (non-hydrogen) atoms. The van der Waals surface area contributed by atoms with E-state index < -0.39 is 16.6 Å². The van der Waals surface area contributed by atoms with Crippen LogP contribution >= 0.6 is 0 Å². The van der Waals surface area contributed by atoms with E-state index in [9.17, 15) is 19.7 Å². The lowest BCUT2D eigenvalue weighted by atomic mass is 10.1. The van der Waals surface area contributed by atoms with Crippen molar-refractivity contribution in [1.82, 2.24) is 10.3 Å². The second-order valence-electron chi connectivity index (χ2n) is 6.82. The van der Waals surface area contributed by atoms with E-state index >= 15 is 0 Å². The number of amides is 2. The van der Waals surface area contributed by atoms with Crippen LogP contribution in [-0.4, -0.2) is 21.7 Å². The lowest BCUT2D eigenvalue weighted by molar-refractivity contribution is -0.389. The highest BCUT2D eigenvalue weighted by molar-refractivity contribution is 6.04. The summed E-state index contributed by atoms with van der Waals surface area (Å²) in [5, 5.41) is 12.9. The van der Waals surface area contributed by atoms with Crippen molar-refractivity contribution in [2.24, 2.45) is 0 Å². The molecule has 1 rings (SSSR count). The van der Waals surface area contributed by atoms with Crippen LogP contribution in [0.15, 0.2) is 18.3 Å². The van der Waals surface area contributed by atoms with Gasteiger partial charge in [-0.2, -0.15) is 0 Å². The third-order valence-electron chi connectivity index (χ3n) is 4.46. The quantitative estimate of drug-likeness (QED) is 0.281. The third-order valence-corrected chi connectivity index (χ3v) is 4.46. The minimum atomic E-state index is -0.677. The number of imide groups is 1. The Kier molecular flexibility index (Phi) is 11.6. The van der Waals surface area contributed by atoms with Crippen molar-refractivity contribution in [2.45, 2.75) is 84.0 Å². The summed E-state index contributed by atoms with van der Waals surface area (Å²) in [6, 6.07) is 2.41. The average molecular weight is 377 g/mol. The molecule has 0 aliphatic heterocycles. The lowest BCUT2D eigenvalue weighted by Crippen LogP contribution is -2.30. The van der Waals surface area contributed by atoms with Crippen molar-refractivity contribution in [1.29, 1.82) is 0 Å². The first kappa shape index (κ1) is 22.7. The lowest BCUT2D eigenvalue weighted by Gasteiger charge is -2.04. The van der Waals surface area contributed by atoms with Crippen LogP contribution in [0.3, 0.4) is 0 Å². The number of rotatable bonds is 14. The number of carbonyl (C=O) groups is 2. The van der Waals surface area contributed by atoms with E-state index in [-0.39, 0.29) is 17.9 Å². The van der Waals surface area contributed by atoms with Gasteiger partial charge in [-0.1, -0.05) is 71.1 Å². The summed E-state index contributed by atoms with van der Waals surface area (Å²) in [4.78, 5) is 37.3. The van der Waals surface area contributed by atoms with Crippen LogP contribution in [0.25, 0.3) is 0 Å². The maximum atomic E-state index is 11.9. The molecule has 0 aliphatic rings. The Morgan fingerprint density at radius 3 is 2.11 bits per heavy atom. The fourth-order valence-electron chi connectivity index (χ4n) is 2.87. The molecule has 0 saturated heterocycles. The number of unbranched alkanes of at least 4 members (excludes halogenated alkanes) is 10. The molecule has 2 amide bonds. The first-order chi connectivity index (χ1) is 13.0. The number of aromatic nitrogens is 1. The first-order valence-corrected chi connectivity index (χ1v) is 9.99. The maximum Gasteiger partial charge on any atom is 0.364 e. The number of nitro groups is 1. The first-order valence-electron chi connectivity index (χ1n) is 9.99. The summed E-state index contributed by atoms with van der Waals surface area (Å²) in [6.07, 6.45) is 14.6. The normalized spacial score (nSPS) is 10.6. The Labute approximate surface area is 161 Å². The molecule has 1 aromatic heterocycles. The van der Waals surface area contributed by atoms with Crippen LogP contribution < -0.4 is 5.32 Å². The van der Waals surface area contributed by atoms with E-state index in [1.165, 1.54) is 63.6 Å². The third kappa shape index (κ3) is 10.4. The molecular formula is C20H31N3O4. The number of pyridine rings is 1. The van der Waals surface area contributed by atoms with Crippen molar-refractivity contribution in [3.63, 3.8) is 0 Å². The van der Waals surface area contributed by atoms with Crippen molar-refractivity contribution >= 4 is 17.6 Å². The largest absolute Gasteiger partial charge is 0.364 e. The summed E-state index contributed by atoms with van der Waals surface area (Å²) in [6.45, 7) is 2.22. The predicted molar refractivity (Wildman–Crippen MR) is 104 cm³/mol. The molecule has 0 atom stereocenters. The Morgan fingerprint density at radius 2 is 1.56 bits per heavy atom. The van der Waals surface area contributed by atoms with Gasteiger partial charge in [0, 0.05) is 12.5 Å². The van der Waals surface area contributed by atoms with Gasteiger partial charge < -0.3 is 10.1 Å². The molecule has 150 valence electrons. The van der Waals surface area contributed by atoms with Crippen molar-refractivity contribution in [3.8, 4) is 0 Å². The molecule has 1 heterocycles. The van der Waals surface area contributed by atoms with Crippen LogP contribution in [0.4, 0.5) is 5.82 Å². The molecule has 0 unspecified atom stereocenters. The van der Waals surface area contributed by atoms with E-state index in [0.29, 0.717) is 0 Å². The van der Waals surface area contributed by atoms with Crippen molar-refractivity contribution in [2.75, 3.05) is 0 Å². The van der Waals surface area contributed by atoms with Gasteiger partial charge in [0.1, 0.15) is 6.20 Å². The van der Waals surface area contributed by atoms with Gasteiger partial charge in [0.15, 0.2) is 0 Å². The van der Waals surface area contributed by atoms with E-state index in [0.717, 1.165) is 25.3 Å². The monoisotopic (exact) mass is 377 g/mol. The van der Waals surface area contributed by atoms with Crippen LogP contribution in [0.1, 0.15) is 94.3 Å². The SMILES string of the molecule is CCCCCCCCCCCCCC(=O)NC(=O)c1ccnc([N+](=O)[O-])c1. The molecule has 0 spiro atoms. The highest BCUT2D eigenvalue weighted by Crippen LogP contribution is 2.12. The van der Waals surface area contributed by atoms with E-state index in [1.54, 1.807) is 0 Å². The second-order valence-corrected chi connectivity index (χ2v) is 6.82. The van der Waals surface area contributed by atoms with Gasteiger partial charge in [-0.05, 0) is 22.4 Å². The maximum absolute atomic E-state index is 11.9.